The van der Waals surface area contributed by atoms with E-state index in [1.807, 2.05) is 11.8 Å². The van der Waals surface area contributed by atoms with Crippen molar-refractivity contribution in [2.75, 3.05) is 13.1 Å². The second kappa shape index (κ2) is 5.63. The fraction of sp³-hybridized carbons (Fsp3) is 0.692. The molecular weight excluding hydrogens is 232 g/mol. The average molecular weight is 252 g/mol. The molecule has 2 rings (SSSR count). The number of rotatable bonds is 3. The molecule has 17 heavy (non-hydrogen) atoms. The predicted octanol–water partition coefficient (Wildman–Crippen LogP) is 2.82. The van der Waals surface area contributed by atoms with Gasteiger partial charge in [0.15, 0.2) is 0 Å². The van der Waals surface area contributed by atoms with Crippen molar-refractivity contribution < 1.29 is 4.79 Å². The molecule has 0 unspecified atom stereocenters. The van der Waals surface area contributed by atoms with Crippen molar-refractivity contribution in [2.45, 2.75) is 45.4 Å². The number of carbonyl (C=O) groups excluding carboxylic acids is 1. The van der Waals surface area contributed by atoms with Gasteiger partial charge in [0.05, 0.1) is 10.7 Å². The summed E-state index contributed by atoms with van der Waals surface area (Å²) in [6, 6.07) is 0. The molecule has 1 amide bonds. The zero-order valence-electron chi connectivity index (χ0n) is 10.6. The lowest BCUT2D eigenvalue weighted by molar-refractivity contribution is -0.131. The molecule has 1 aromatic heterocycles. The Labute approximate surface area is 107 Å². The summed E-state index contributed by atoms with van der Waals surface area (Å²) >= 11 is 1.78. The quantitative estimate of drug-likeness (QED) is 0.828. The van der Waals surface area contributed by atoms with E-state index in [0.717, 1.165) is 32.4 Å². The van der Waals surface area contributed by atoms with E-state index < -0.39 is 0 Å². The monoisotopic (exact) mass is 252 g/mol. The first-order valence-corrected chi connectivity index (χ1v) is 7.34. The molecule has 1 fully saturated rings. The lowest BCUT2D eigenvalue weighted by atomic mass is 9.97. The molecule has 94 valence electrons. The first kappa shape index (κ1) is 12.6. The molecule has 0 radical (unpaired) electrons. The maximum atomic E-state index is 11.6. The summed E-state index contributed by atoms with van der Waals surface area (Å²) in [5, 5.41) is 3.43. The average Bonchev–Trinajstić information content (AvgIpc) is 2.87. The molecule has 0 spiro atoms. The van der Waals surface area contributed by atoms with Gasteiger partial charge in [-0.25, -0.2) is 4.98 Å². The third-order valence-corrected chi connectivity index (χ3v) is 4.49. The molecule has 1 aliphatic heterocycles. The van der Waals surface area contributed by atoms with Crippen LogP contribution >= 0.6 is 11.3 Å². The highest BCUT2D eigenvalue weighted by Crippen LogP contribution is 2.30. The molecule has 0 atom stereocenters. The van der Waals surface area contributed by atoms with Crippen molar-refractivity contribution >= 4 is 17.2 Å². The van der Waals surface area contributed by atoms with Crippen molar-refractivity contribution in [3.05, 3.63) is 16.1 Å². The van der Waals surface area contributed by atoms with Crippen molar-refractivity contribution in [3.8, 4) is 0 Å². The third-order valence-electron chi connectivity index (χ3n) is 3.43. The number of likely N-dealkylation sites (tertiary alicyclic amines) is 1. The van der Waals surface area contributed by atoms with E-state index in [1.165, 1.54) is 10.7 Å². The Morgan fingerprint density at radius 3 is 2.71 bits per heavy atom. The number of hydrogen-bond acceptors (Lipinski definition) is 3. The standard InChI is InChI=1S/C13H20N2OS/c1-3-11-9-17-13(14-11)10-5-7-15(8-6-10)12(16)4-2/h9-10H,3-8H2,1-2H3. The van der Waals surface area contributed by atoms with Gasteiger partial charge in [-0.2, -0.15) is 0 Å². The minimum Gasteiger partial charge on any atom is -0.343 e. The summed E-state index contributed by atoms with van der Waals surface area (Å²) in [4.78, 5) is 18.2. The van der Waals surface area contributed by atoms with Crippen LogP contribution in [0.5, 0.6) is 0 Å². The topological polar surface area (TPSA) is 33.2 Å². The highest BCUT2D eigenvalue weighted by atomic mass is 32.1. The molecule has 0 aromatic carbocycles. The van der Waals surface area contributed by atoms with E-state index in [4.69, 9.17) is 0 Å². The van der Waals surface area contributed by atoms with Crippen LogP contribution in [0.1, 0.15) is 49.7 Å². The molecule has 1 saturated heterocycles. The minimum atomic E-state index is 0.289. The number of carbonyl (C=O) groups is 1. The lowest BCUT2D eigenvalue weighted by Gasteiger charge is -2.30. The van der Waals surface area contributed by atoms with E-state index in [1.54, 1.807) is 11.3 Å². The second-order valence-corrected chi connectivity index (χ2v) is 5.43. The highest BCUT2D eigenvalue weighted by molar-refractivity contribution is 7.09. The van der Waals surface area contributed by atoms with E-state index in [0.29, 0.717) is 12.3 Å². The molecule has 0 aliphatic carbocycles. The Morgan fingerprint density at radius 1 is 1.47 bits per heavy atom. The molecule has 4 heteroatoms. The Morgan fingerprint density at radius 2 is 2.18 bits per heavy atom. The molecule has 1 aromatic rings. The number of piperidine rings is 1. The van der Waals surface area contributed by atoms with E-state index >= 15 is 0 Å². The zero-order chi connectivity index (χ0) is 12.3. The minimum absolute atomic E-state index is 0.289. The normalized spacial score (nSPS) is 17.4. The maximum Gasteiger partial charge on any atom is 0.222 e. The summed E-state index contributed by atoms with van der Waals surface area (Å²) < 4.78 is 0. The molecular formula is C13H20N2OS. The predicted molar refractivity (Wildman–Crippen MR) is 70.3 cm³/mol. The van der Waals surface area contributed by atoms with Gasteiger partial charge in [0, 0.05) is 30.8 Å². The molecule has 2 heterocycles. The van der Waals surface area contributed by atoms with E-state index in [-0.39, 0.29) is 5.91 Å². The summed E-state index contributed by atoms with van der Waals surface area (Å²) in [5.41, 5.74) is 1.21. The van der Waals surface area contributed by atoms with Gasteiger partial charge in [-0.15, -0.1) is 11.3 Å². The van der Waals surface area contributed by atoms with Crippen molar-refractivity contribution in [1.29, 1.82) is 0 Å². The van der Waals surface area contributed by atoms with Crippen molar-refractivity contribution in [2.24, 2.45) is 0 Å². The van der Waals surface area contributed by atoms with Crippen LogP contribution in [0.25, 0.3) is 0 Å². The summed E-state index contributed by atoms with van der Waals surface area (Å²) in [6.45, 7) is 5.88. The van der Waals surface area contributed by atoms with Crippen LogP contribution < -0.4 is 0 Å². The van der Waals surface area contributed by atoms with E-state index in [9.17, 15) is 4.79 Å². The second-order valence-electron chi connectivity index (χ2n) is 4.54. The van der Waals surface area contributed by atoms with Crippen molar-refractivity contribution in [1.82, 2.24) is 9.88 Å². The van der Waals surface area contributed by atoms with Gasteiger partial charge in [-0.05, 0) is 19.3 Å². The first-order chi connectivity index (χ1) is 8.24. The molecule has 0 saturated carbocycles. The third kappa shape index (κ3) is 2.86. The number of hydrogen-bond donors (Lipinski definition) is 0. The van der Waals surface area contributed by atoms with Crippen LogP contribution in [0.4, 0.5) is 0 Å². The van der Waals surface area contributed by atoms with Gasteiger partial charge in [0.1, 0.15) is 0 Å². The van der Waals surface area contributed by atoms with Gasteiger partial charge in [-0.1, -0.05) is 13.8 Å². The van der Waals surface area contributed by atoms with Gasteiger partial charge < -0.3 is 4.90 Å². The van der Waals surface area contributed by atoms with Crippen LogP contribution in [0.3, 0.4) is 0 Å². The SMILES string of the molecule is CCC(=O)N1CCC(c2nc(CC)cs2)CC1. The number of aryl methyl sites for hydroxylation is 1. The number of nitrogens with zero attached hydrogens (tertiary/aromatic N) is 2. The molecule has 0 bridgehead atoms. The molecule has 3 nitrogen and oxygen atoms in total. The van der Waals surface area contributed by atoms with Gasteiger partial charge >= 0.3 is 0 Å². The Balaban J connectivity index is 1.92. The van der Waals surface area contributed by atoms with Gasteiger partial charge in [0.25, 0.3) is 0 Å². The molecule has 1 aliphatic rings. The Kier molecular flexibility index (Phi) is 4.15. The van der Waals surface area contributed by atoms with Crippen LogP contribution in [-0.2, 0) is 11.2 Å². The fourth-order valence-electron chi connectivity index (χ4n) is 2.27. The Hall–Kier alpha value is -0.900. The van der Waals surface area contributed by atoms with E-state index in [2.05, 4.69) is 17.3 Å². The van der Waals surface area contributed by atoms with Gasteiger partial charge in [0.2, 0.25) is 5.91 Å². The fourth-order valence-corrected chi connectivity index (χ4v) is 3.35. The highest BCUT2D eigenvalue weighted by Gasteiger charge is 2.24. The maximum absolute atomic E-state index is 11.6. The lowest BCUT2D eigenvalue weighted by Crippen LogP contribution is -2.37. The number of amides is 1. The van der Waals surface area contributed by atoms with Crippen LogP contribution in [0.2, 0.25) is 0 Å². The largest absolute Gasteiger partial charge is 0.343 e. The van der Waals surface area contributed by atoms with Gasteiger partial charge in [-0.3, -0.25) is 4.79 Å². The summed E-state index contributed by atoms with van der Waals surface area (Å²) in [5.74, 6) is 0.859. The number of thiazole rings is 1. The summed E-state index contributed by atoms with van der Waals surface area (Å²) in [7, 11) is 0. The Bertz CT molecular complexity index is 381. The zero-order valence-corrected chi connectivity index (χ0v) is 11.4. The first-order valence-electron chi connectivity index (χ1n) is 6.46. The molecule has 0 N–H and O–H groups in total. The summed E-state index contributed by atoms with van der Waals surface area (Å²) in [6.07, 6.45) is 3.79. The van der Waals surface area contributed by atoms with Crippen LogP contribution in [-0.4, -0.2) is 28.9 Å². The smallest absolute Gasteiger partial charge is 0.222 e. The number of aromatic nitrogens is 1. The van der Waals surface area contributed by atoms with Crippen LogP contribution in [0, 0.1) is 0 Å². The van der Waals surface area contributed by atoms with Crippen LogP contribution in [0.15, 0.2) is 5.38 Å². The van der Waals surface area contributed by atoms with Crippen molar-refractivity contribution in [3.63, 3.8) is 0 Å².